The third-order valence-electron chi connectivity index (χ3n) is 5.75. The Morgan fingerprint density at radius 3 is 2.55 bits per heavy atom. The van der Waals surface area contributed by atoms with Crippen molar-refractivity contribution in [3.63, 3.8) is 0 Å². The van der Waals surface area contributed by atoms with Gasteiger partial charge in [-0.05, 0) is 42.5 Å². The number of carbonyl (C=O) groups excluding carboxylic acids is 1. The van der Waals surface area contributed by atoms with Crippen LogP contribution in [0.5, 0.6) is 0 Å². The number of aromatic nitrogens is 3. The van der Waals surface area contributed by atoms with Gasteiger partial charge < -0.3 is 10.4 Å². The van der Waals surface area contributed by atoms with Crippen molar-refractivity contribution in [1.29, 1.82) is 0 Å². The molecule has 0 radical (unpaired) electrons. The summed E-state index contributed by atoms with van der Waals surface area (Å²) in [7, 11) is 0. The molecule has 0 unspecified atom stereocenters. The topological polar surface area (TPSA) is 83.3 Å². The summed E-state index contributed by atoms with van der Waals surface area (Å²) < 4.78 is 1.73. The van der Waals surface area contributed by atoms with Crippen LogP contribution in [0, 0.1) is 0 Å². The molecule has 3 aromatic rings. The summed E-state index contributed by atoms with van der Waals surface area (Å²) >= 11 is 0. The Balaban J connectivity index is 1.35. The van der Waals surface area contributed by atoms with Crippen LogP contribution in [0.3, 0.4) is 0 Å². The minimum absolute atomic E-state index is 0.130. The molecule has 4 rings (SSSR count). The number of pyridine rings is 1. The van der Waals surface area contributed by atoms with Gasteiger partial charge in [0, 0.05) is 32.4 Å². The zero-order valence-electron chi connectivity index (χ0n) is 17.9. The van der Waals surface area contributed by atoms with E-state index in [4.69, 9.17) is 0 Å². The number of nitrogens with zero attached hydrogens (tertiary/aromatic N) is 4. The largest absolute Gasteiger partial charge is 0.393 e. The van der Waals surface area contributed by atoms with E-state index in [1.54, 1.807) is 17.1 Å². The van der Waals surface area contributed by atoms with Gasteiger partial charge in [-0.1, -0.05) is 37.3 Å². The van der Waals surface area contributed by atoms with E-state index in [-0.39, 0.29) is 12.0 Å². The van der Waals surface area contributed by atoms with Crippen molar-refractivity contribution in [3.05, 3.63) is 77.2 Å². The molecule has 2 aromatic heterocycles. The average molecular weight is 420 g/mol. The van der Waals surface area contributed by atoms with Gasteiger partial charge in [0.2, 0.25) is 0 Å². The number of nitrogens with one attached hydrogen (secondary N) is 1. The van der Waals surface area contributed by atoms with Crippen molar-refractivity contribution < 1.29 is 9.90 Å². The van der Waals surface area contributed by atoms with Crippen LogP contribution in [-0.4, -0.2) is 49.9 Å². The fourth-order valence-electron chi connectivity index (χ4n) is 3.96. The van der Waals surface area contributed by atoms with Crippen molar-refractivity contribution in [2.24, 2.45) is 0 Å². The molecule has 0 aliphatic carbocycles. The Bertz CT molecular complexity index is 993. The molecule has 7 nitrogen and oxygen atoms in total. The predicted molar refractivity (Wildman–Crippen MR) is 119 cm³/mol. The lowest BCUT2D eigenvalue weighted by molar-refractivity contribution is 0.0792. The molecule has 1 aromatic carbocycles. The Hall–Kier alpha value is -3.03. The van der Waals surface area contributed by atoms with E-state index in [2.05, 4.69) is 44.6 Å². The van der Waals surface area contributed by atoms with E-state index < -0.39 is 0 Å². The Morgan fingerprint density at radius 1 is 1.13 bits per heavy atom. The summed E-state index contributed by atoms with van der Waals surface area (Å²) in [5.41, 5.74) is 3.73. The van der Waals surface area contributed by atoms with E-state index in [0.717, 1.165) is 43.7 Å². The van der Waals surface area contributed by atoms with E-state index in [0.29, 0.717) is 24.3 Å². The van der Waals surface area contributed by atoms with Crippen LogP contribution in [-0.2, 0) is 19.5 Å². The number of piperidine rings is 1. The summed E-state index contributed by atoms with van der Waals surface area (Å²) in [5, 5.41) is 17.0. The molecule has 2 N–H and O–H groups in total. The molecule has 1 aliphatic rings. The van der Waals surface area contributed by atoms with Crippen molar-refractivity contribution in [2.75, 3.05) is 13.1 Å². The lowest BCUT2D eigenvalue weighted by Crippen LogP contribution is -2.35. The number of aliphatic hydroxyl groups excluding tert-OH is 1. The van der Waals surface area contributed by atoms with Crippen LogP contribution in [0.2, 0.25) is 0 Å². The van der Waals surface area contributed by atoms with Crippen LogP contribution in [0.4, 0.5) is 0 Å². The molecular weight excluding hydrogens is 390 g/mol. The molecule has 1 amide bonds. The van der Waals surface area contributed by atoms with E-state index in [1.807, 2.05) is 25.1 Å². The Labute approximate surface area is 182 Å². The van der Waals surface area contributed by atoms with E-state index in [1.165, 1.54) is 5.56 Å². The molecule has 0 bridgehead atoms. The molecule has 0 spiro atoms. The molecule has 1 aliphatic heterocycles. The molecule has 0 saturated carbocycles. The van der Waals surface area contributed by atoms with Crippen LogP contribution in [0.1, 0.15) is 46.9 Å². The molecule has 1 fully saturated rings. The van der Waals surface area contributed by atoms with Crippen LogP contribution in [0.25, 0.3) is 5.82 Å². The number of rotatable bonds is 7. The number of amides is 1. The fourth-order valence-corrected chi connectivity index (χ4v) is 3.96. The number of likely N-dealkylation sites (tertiary alicyclic amines) is 1. The highest BCUT2D eigenvalue weighted by molar-refractivity contribution is 5.95. The van der Waals surface area contributed by atoms with Crippen molar-refractivity contribution in [3.8, 4) is 5.82 Å². The molecule has 0 atom stereocenters. The number of hydrogen-bond acceptors (Lipinski definition) is 5. The predicted octanol–water partition coefficient (Wildman–Crippen LogP) is 2.72. The zero-order chi connectivity index (χ0) is 21.6. The molecule has 31 heavy (non-hydrogen) atoms. The van der Waals surface area contributed by atoms with Crippen LogP contribution >= 0.6 is 0 Å². The minimum atomic E-state index is -0.147. The average Bonchev–Trinajstić information content (AvgIpc) is 3.25. The molecule has 3 heterocycles. The van der Waals surface area contributed by atoms with Gasteiger partial charge in [0.1, 0.15) is 0 Å². The van der Waals surface area contributed by atoms with Gasteiger partial charge in [0.05, 0.1) is 23.6 Å². The number of carbonyl (C=O) groups is 1. The van der Waals surface area contributed by atoms with Gasteiger partial charge in [-0.2, -0.15) is 5.10 Å². The summed E-state index contributed by atoms with van der Waals surface area (Å²) in [6.45, 7) is 5.24. The monoisotopic (exact) mass is 419 g/mol. The smallest absolute Gasteiger partial charge is 0.255 e. The highest BCUT2D eigenvalue weighted by Crippen LogP contribution is 2.16. The zero-order valence-corrected chi connectivity index (χ0v) is 17.9. The second kappa shape index (κ2) is 9.85. The summed E-state index contributed by atoms with van der Waals surface area (Å²) in [6, 6.07) is 14.0. The third kappa shape index (κ3) is 5.18. The third-order valence-corrected chi connectivity index (χ3v) is 5.75. The maximum Gasteiger partial charge on any atom is 0.255 e. The number of hydrogen-bond donors (Lipinski definition) is 2. The first-order valence-corrected chi connectivity index (χ1v) is 10.9. The minimum Gasteiger partial charge on any atom is -0.393 e. The molecule has 1 saturated heterocycles. The maximum atomic E-state index is 12.8. The van der Waals surface area contributed by atoms with E-state index in [9.17, 15) is 9.90 Å². The second-order valence-corrected chi connectivity index (χ2v) is 7.96. The van der Waals surface area contributed by atoms with Gasteiger partial charge >= 0.3 is 0 Å². The van der Waals surface area contributed by atoms with E-state index >= 15 is 0 Å². The first-order valence-electron chi connectivity index (χ1n) is 10.9. The summed E-state index contributed by atoms with van der Waals surface area (Å²) in [5.74, 6) is 0.576. The highest BCUT2D eigenvalue weighted by atomic mass is 16.3. The van der Waals surface area contributed by atoms with Crippen LogP contribution < -0.4 is 5.32 Å². The van der Waals surface area contributed by atoms with Gasteiger partial charge in [-0.25, -0.2) is 9.67 Å². The lowest BCUT2D eigenvalue weighted by atomic mass is 10.1. The normalized spacial score (nSPS) is 15.2. The molecule has 7 heteroatoms. The summed E-state index contributed by atoms with van der Waals surface area (Å²) in [6.07, 6.45) is 5.56. The lowest BCUT2D eigenvalue weighted by Gasteiger charge is -2.29. The number of aliphatic hydroxyl groups is 1. The fraction of sp³-hybridized carbons (Fsp3) is 0.375. The first kappa shape index (κ1) is 21.2. The number of benzene rings is 1. The highest BCUT2D eigenvalue weighted by Gasteiger charge is 2.18. The maximum absolute atomic E-state index is 12.8. The van der Waals surface area contributed by atoms with Gasteiger partial charge in [0.25, 0.3) is 5.91 Å². The van der Waals surface area contributed by atoms with Crippen LogP contribution in [0.15, 0.2) is 54.9 Å². The molecular formula is C24H29N5O2. The Kier molecular flexibility index (Phi) is 6.74. The standard InChI is InChI=1S/C24H29N5O2/c1-2-22-21(16-27-29(22)23-5-3-4-12-25-23)24(31)26-15-18-6-8-19(9-7-18)17-28-13-10-20(30)11-14-28/h3-9,12,16,20,30H,2,10-11,13-15,17H2,1H3,(H,26,31). The first-order chi connectivity index (χ1) is 15.1. The Morgan fingerprint density at radius 2 is 1.87 bits per heavy atom. The summed E-state index contributed by atoms with van der Waals surface area (Å²) in [4.78, 5) is 19.5. The van der Waals surface area contributed by atoms with Crippen molar-refractivity contribution in [1.82, 2.24) is 25.0 Å². The second-order valence-electron chi connectivity index (χ2n) is 7.96. The van der Waals surface area contributed by atoms with Gasteiger partial charge in [-0.3, -0.25) is 9.69 Å². The van der Waals surface area contributed by atoms with Gasteiger partial charge in [0.15, 0.2) is 5.82 Å². The van der Waals surface area contributed by atoms with Crippen molar-refractivity contribution in [2.45, 2.75) is 45.4 Å². The molecule has 162 valence electrons. The van der Waals surface area contributed by atoms with Crippen molar-refractivity contribution >= 4 is 5.91 Å². The van der Waals surface area contributed by atoms with Gasteiger partial charge in [-0.15, -0.1) is 0 Å². The SMILES string of the molecule is CCc1c(C(=O)NCc2ccc(CN3CCC(O)CC3)cc2)cnn1-c1ccccn1. The quantitative estimate of drug-likeness (QED) is 0.615.